The summed E-state index contributed by atoms with van der Waals surface area (Å²) in [7, 11) is -8.06. The van der Waals surface area contributed by atoms with Crippen molar-refractivity contribution >= 4 is 41.7 Å². The van der Waals surface area contributed by atoms with E-state index in [4.69, 9.17) is 0 Å². The largest absolute Gasteiger partial charge is 0.311 e. The molecule has 0 bridgehead atoms. The quantitative estimate of drug-likeness (QED) is 0.395. The molecule has 0 aliphatic rings. The Balaban J connectivity index is 2.28. The number of aryl methyl sites for hydroxylation is 1. The predicted molar refractivity (Wildman–Crippen MR) is 125 cm³/mol. The zero-order valence-corrected chi connectivity index (χ0v) is 19.6. The Morgan fingerprint density at radius 1 is 0.812 bits per heavy atom. The topological polar surface area (TPSA) is 89.8 Å². The summed E-state index contributed by atoms with van der Waals surface area (Å²) in [4.78, 5) is 12.9. The molecule has 0 radical (unpaired) electrons. The summed E-state index contributed by atoms with van der Waals surface area (Å²) >= 11 is 0. The number of pyridine rings is 1. The number of hydrogen-bond acceptors (Lipinski definition) is 5. The molecule has 0 fully saturated rings. The van der Waals surface area contributed by atoms with Crippen molar-refractivity contribution in [1.82, 2.24) is 4.40 Å². The molecule has 32 heavy (non-hydrogen) atoms. The number of carbonyl (C=O) groups excluding carboxylic acids is 1. The number of aromatic nitrogens is 1. The third-order valence-electron chi connectivity index (χ3n) is 5.65. The van der Waals surface area contributed by atoms with Crippen LogP contribution in [0.3, 0.4) is 0 Å². The first-order valence-electron chi connectivity index (χ1n) is 10.2. The third kappa shape index (κ3) is 3.43. The average molecular weight is 470 g/mol. The second-order valence-corrected chi connectivity index (χ2v) is 12.1. The lowest BCUT2D eigenvalue weighted by atomic mass is 10.1. The highest BCUT2D eigenvalue weighted by Crippen LogP contribution is 2.38. The van der Waals surface area contributed by atoms with E-state index in [0.29, 0.717) is 5.39 Å². The van der Waals surface area contributed by atoms with Crippen LogP contribution in [0, 0.1) is 6.92 Å². The number of carbonyl (C=O) groups is 1. The molecule has 0 amide bonds. The molecular weight excluding hydrogens is 446 g/mol. The first kappa shape index (κ1) is 22.2. The molecule has 2 aromatic heterocycles. The van der Waals surface area contributed by atoms with Crippen LogP contribution in [0.2, 0.25) is 0 Å². The van der Waals surface area contributed by atoms with E-state index in [1.807, 2.05) is 19.1 Å². The summed E-state index contributed by atoms with van der Waals surface area (Å²) in [5.41, 5.74) is 1.30. The van der Waals surface area contributed by atoms with Gasteiger partial charge in [0.05, 0.1) is 17.0 Å². The maximum Gasteiger partial charge on any atom is 0.211 e. The molecular formula is C24H23NO5S2. The van der Waals surface area contributed by atoms with Gasteiger partial charge >= 0.3 is 0 Å². The zero-order chi connectivity index (χ0) is 23.3. The molecule has 0 saturated carbocycles. The van der Waals surface area contributed by atoms with Gasteiger partial charge in [-0.25, -0.2) is 16.8 Å². The summed E-state index contributed by atoms with van der Waals surface area (Å²) < 4.78 is 54.5. The molecule has 6 nitrogen and oxygen atoms in total. The highest BCUT2D eigenvalue weighted by molar-refractivity contribution is 7.94. The van der Waals surface area contributed by atoms with Crippen molar-refractivity contribution in [3.8, 4) is 0 Å². The first-order chi connectivity index (χ1) is 15.1. The fourth-order valence-electron chi connectivity index (χ4n) is 3.88. The molecule has 2 aromatic carbocycles. The van der Waals surface area contributed by atoms with Crippen molar-refractivity contribution in [3.63, 3.8) is 0 Å². The van der Waals surface area contributed by atoms with E-state index in [2.05, 4.69) is 0 Å². The normalized spacial score (nSPS) is 12.5. The Kier molecular flexibility index (Phi) is 5.46. The molecule has 0 saturated heterocycles. The standard InChI is InChI=1S/C24H23NO5S2/c1-4-31(27,28)23-20-19-9-7-6-8-17(19)14-15-25(20)21(24(23)32(29,30)5-2)22(26)18-12-10-16(3)11-13-18/h6-15H,4-5H2,1-3H3. The summed E-state index contributed by atoms with van der Waals surface area (Å²) in [6.07, 6.45) is 1.57. The number of hydrogen-bond donors (Lipinski definition) is 0. The molecule has 0 aliphatic heterocycles. The van der Waals surface area contributed by atoms with Crippen molar-refractivity contribution in [3.05, 3.63) is 77.6 Å². The zero-order valence-electron chi connectivity index (χ0n) is 18.0. The van der Waals surface area contributed by atoms with Gasteiger partial charge in [-0.1, -0.05) is 67.9 Å². The van der Waals surface area contributed by atoms with E-state index in [0.717, 1.165) is 10.9 Å². The van der Waals surface area contributed by atoms with Crippen LogP contribution in [0.15, 0.2) is 70.6 Å². The molecule has 4 aromatic rings. The second kappa shape index (κ2) is 7.86. The smallest absolute Gasteiger partial charge is 0.211 e. The van der Waals surface area contributed by atoms with Crippen LogP contribution in [0.4, 0.5) is 0 Å². The van der Waals surface area contributed by atoms with Gasteiger partial charge in [-0.15, -0.1) is 0 Å². The van der Waals surface area contributed by atoms with Gasteiger partial charge in [-0.05, 0) is 18.4 Å². The summed E-state index contributed by atoms with van der Waals surface area (Å²) in [6, 6.07) is 15.6. The van der Waals surface area contributed by atoms with Crippen molar-refractivity contribution in [2.45, 2.75) is 30.6 Å². The van der Waals surface area contributed by atoms with Gasteiger partial charge in [0.1, 0.15) is 15.5 Å². The van der Waals surface area contributed by atoms with Crippen LogP contribution in [-0.2, 0) is 19.7 Å². The molecule has 0 unspecified atom stereocenters. The lowest BCUT2D eigenvalue weighted by Crippen LogP contribution is -2.15. The van der Waals surface area contributed by atoms with Gasteiger partial charge in [0.25, 0.3) is 0 Å². The Morgan fingerprint density at radius 3 is 2.03 bits per heavy atom. The van der Waals surface area contributed by atoms with Crippen LogP contribution < -0.4 is 0 Å². The molecule has 4 rings (SSSR count). The first-order valence-corrected chi connectivity index (χ1v) is 13.6. The van der Waals surface area contributed by atoms with Gasteiger partial charge in [0, 0.05) is 17.1 Å². The van der Waals surface area contributed by atoms with Gasteiger partial charge in [-0.2, -0.15) is 0 Å². The summed E-state index contributed by atoms with van der Waals surface area (Å²) in [5.74, 6) is -1.16. The Morgan fingerprint density at radius 2 is 1.41 bits per heavy atom. The third-order valence-corrected chi connectivity index (χ3v) is 9.34. The average Bonchev–Trinajstić information content (AvgIpc) is 3.16. The lowest BCUT2D eigenvalue weighted by Gasteiger charge is -2.08. The van der Waals surface area contributed by atoms with Crippen LogP contribution in [0.5, 0.6) is 0 Å². The van der Waals surface area contributed by atoms with E-state index >= 15 is 0 Å². The summed E-state index contributed by atoms with van der Waals surface area (Å²) in [5, 5.41) is 1.32. The number of ketones is 1. The minimum Gasteiger partial charge on any atom is -0.311 e. The van der Waals surface area contributed by atoms with E-state index < -0.39 is 30.4 Å². The van der Waals surface area contributed by atoms with Gasteiger partial charge < -0.3 is 4.40 Å². The maximum atomic E-state index is 13.6. The SMILES string of the molecule is CCS(=O)(=O)c1c(S(=O)(=O)CC)c2c3ccccc3ccn2c1C(=O)c1ccc(C)cc1. The maximum absolute atomic E-state index is 13.6. The highest BCUT2D eigenvalue weighted by atomic mass is 32.2. The van der Waals surface area contributed by atoms with Crippen molar-refractivity contribution in [1.29, 1.82) is 0 Å². The molecule has 0 spiro atoms. The fourth-order valence-corrected chi connectivity index (χ4v) is 6.97. The van der Waals surface area contributed by atoms with E-state index in [1.165, 1.54) is 18.2 Å². The molecule has 0 atom stereocenters. The predicted octanol–water partition coefficient (Wildman–Crippen LogP) is 4.22. The van der Waals surface area contributed by atoms with Crippen LogP contribution in [0.1, 0.15) is 35.5 Å². The van der Waals surface area contributed by atoms with Crippen molar-refractivity contribution < 1.29 is 21.6 Å². The van der Waals surface area contributed by atoms with Crippen molar-refractivity contribution in [2.75, 3.05) is 11.5 Å². The van der Waals surface area contributed by atoms with Gasteiger partial charge in [0.15, 0.2) is 19.7 Å². The van der Waals surface area contributed by atoms with E-state index in [1.54, 1.807) is 48.7 Å². The van der Waals surface area contributed by atoms with Crippen LogP contribution in [0.25, 0.3) is 16.3 Å². The molecule has 166 valence electrons. The molecule has 0 aliphatic carbocycles. The van der Waals surface area contributed by atoms with E-state index in [-0.39, 0.29) is 33.2 Å². The molecule has 2 heterocycles. The second-order valence-electron chi connectivity index (χ2n) is 7.63. The van der Waals surface area contributed by atoms with Crippen molar-refractivity contribution in [2.24, 2.45) is 0 Å². The number of benzene rings is 2. The van der Waals surface area contributed by atoms with Crippen LogP contribution >= 0.6 is 0 Å². The number of fused-ring (bicyclic) bond motifs is 3. The van der Waals surface area contributed by atoms with Gasteiger partial charge in [-0.3, -0.25) is 4.79 Å². The number of nitrogens with zero attached hydrogens (tertiary/aromatic N) is 1. The highest BCUT2D eigenvalue weighted by Gasteiger charge is 2.37. The Bertz CT molecular complexity index is 1580. The molecule has 8 heteroatoms. The Labute approximate surface area is 187 Å². The lowest BCUT2D eigenvalue weighted by molar-refractivity contribution is 0.103. The van der Waals surface area contributed by atoms with Crippen LogP contribution in [-0.4, -0.2) is 38.5 Å². The number of sulfone groups is 2. The molecule has 0 N–H and O–H groups in total. The monoisotopic (exact) mass is 469 g/mol. The van der Waals surface area contributed by atoms with E-state index in [9.17, 15) is 21.6 Å². The summed E-state index contributed by atoms with van der Waals surface area (Å²) in [6.45, 7) is 4.79. The minimum absolute atomic E-state index is 0.150. The fraction of sp³-hybridized carbons (Fsp3) is 0.208. The Hall–Kier alpha value is -2.97. The van der Waals surface area contributed by atoms with Gasteiger partial charge in [0.2, 0.25) is 5.78 Å². The minimum atomic E-state index is -4.07. The number of rotatable bonds is 6.